The Hall–Kier alpha value is -2.43. The molecule has 0 radical (unpaired) electrons. The van der Waals surface area contributed by atoms with Gasteiger partial charge in [-0.25, -0.2) is 0 Å². The number of furan rings is 1. The van der Waals surface area contributed by atoms with Gasteiger partial charge in [0.1, 0.15) is 11.5 Å². The van der Waals surface area contributed by atoms with Crippen molar-refractivity contribution in [3.63, 3.8) is 0 Å². The number of carboxylic acids is 1. The smallest absolute Gasteiger partial charge is 0.313 e. The Morgan fingerprint density at radius 1 is 1.10 bits per heavy atom. The lowest BCUT2D eigenvalue weighted by Gasteiger charge is -2.10. The van der Waals surface area contributed by atoms with Crippen molar-refractivity contribution in [1.29, 1.82) is 0 Å². The molecule has 0 aliphatic carbocycles. The molecule has 1 N–H and O–H groups in total. The minimum Gasteiger partial charge on any atom is -0.481 e. The number of para-hydroxylation sites is 1. The van der Waals surface area contributed by atoms with E-state index in [1.54, 1.807) is 24.3 Å². The molecule has 0 saturated carbocycles. The monoisotopic (exact) mass is 274 g/mol. The molecule has 1 aromatic heterocycles. The Bertz CT molecular complexity index is 649. The standard InChI is InChI=1S/C15H14O5/c1-8(13(16)9(2)15(18)19)14(17)12-7-10-5-3-4-6-11(10)20-12/h3-9H,1-2H3,(H,18,19). The molecule has 1 aromatic carbocycles. The average molecular weight is 274 g/mol. The maximum absolute atomic E-state index is 12.2. The summed E-state index contributed by atoms with van der Waals surface area (Å²) < 4.78 is 5.39. The predicted octanol–water partition coefficient (Wildman–Crippen LogP) is 2.54. The zero-order valence-electron chi connectivity index (χ0n) is 11.1. The van der Waals surface area contributed by atoms with Crippen molar-refractivity contribution in [3.05, 3.63) is 36.1 Å². The van der Waals surface area contributed by atoms with Gasteiger partial charge < -0.3 is 9.52 Å². The zero-order chi connectivity index (χ0) is 14.9. The Balaban J connectivity index is 2.26. The molecule has 1 heterocycles. The van der Waals surface area contributed by atoms with E-state index in [0.29, 0.717) is 5.58 Å². The first-order valence-corrected chi connectivity index (χ1v) is 6.21. The van der Waals surface area contributed by atoms with Crippen molar-refractivity contribution in [2.45, 2.75) is 13.8 Å². The van der Waals surface area contributed by atoms with Crippen molar-refractivity contribution in [2.75, 3.05) is 0 Å². The number of carbonyl (C=O) groups is 3. The summed E-state index contributed by atoms with van der Waals surface area (Å²) in [5.74, 6) is -4.54. The Kier molecular flexibility index (Phi) is 3.70. The van der Waals surface area contributed by atoms with Crippen LogP contribution >= 0.6 is 0 Å². The van der Waals surface area contributed by atoms with Crippen molar-refractivity contribution in [3.8, 4) is 0 Å². The molecule has 0 spiro atoms. The highest BCUT2D eigenvalue weighted by Crippen LogP contribution is 2.22. The van der Waals surface area contributed by atoms with Crippen molar-refractivity contribution < 1.29 is 23.9 Å². The number of aliphatic carboxylic acids is 1. The van der Waals surface area contributed by atoms with Crippen LogP contribution in [0.25, 0.3) is 11.0 Å². The van der Waals surface area contributed by atoms with E-state index in [9.17, 15) is 14.4 Å². The molecule has 0 aliphatic rings. The predicted molar refractivity (Wildman–Crippen MR) is 71.5 cm³/mol. The van der Waals surface area contributed by atoms with E-state index in [2.05, 4.69) is 0 Å². The number of Topliss-reactive ketones (excluding diaryl/α,β-unsaturated/α-hetero) is 2. The third kappa shape index (κ3) is 2.47. The van der Waals surface area contributed by atoms with Crippen molar-refractivity contribution in [2.24, 2.45) is 11.8 Å². The van der Waals surface area contributed by atoms with Crippen molar-refractivity contribution >= 4 is 28.5 Å². The lowest BCUT2D eigenvalue weighted by molar-refractivity contribution is -0.146. The van der Waals surface area contributed by atoms with Crippen LogP contribution in [0.1, 0.15) is 24.4 Å². The van der Waals surface area contributed by atoms with E-state index in [1.807, 2.05) is 6.07 Å². The largest absolute Gasteiger partial charge is 0.481 e. The summed E-state index contributed by atoms with van der Waals surface area (Å²) >= 11 is 0. The van der Waals surface area contributed by atoms with Crippen LogP contribution in [0.5, 0.6) is 0 Å². The van der Waals surface area contributed by atoms with Gasteiger partial charge >= 0.3 is 5.97 Å². The fraction of sp³-hybridized carbons (Fsp3) is 0.267. The van der Waals surface area contributed by atoms with Gasteiger partial charge in [0.25, 0.3) is 0 Å². The summed E-state index contributed by atoms with van der Waals surface area (Å²) in [5, 5.41) is 9.58. The van der Waals surface area contributed by atoms with E-state index in [-0.39, 0.29) is 5.76 Å². The number of carbonyl (C=O) groups excluding carboxylic acids is 2. The highest BCUT2D eigenvalue weighted by Gasteiger charge is 2.32. The number of ketones is 2. The van der Waals surface area contributed by atoms with Gasteiger partial charge in [-0.1, -0.05) is 18.2 Å². The maximum Gasteiger partial charge on any atom is 0.313 e. The summed E-state index contributed by atoms with van der Waals surface area (Å²) in [6, 6.07) is 8.67. The molecule has 5 heteroatoms. The van der Waals surface area contributed by atoms with Gasteiger partial charge in [0.05, 0.1) is 5.92 Å². The molecule has 0 saturated heterocycles. The third-order valence-corrected chi connectivity index (χ3v) is 3.29. The Morgan fingerprint density at radius 3 is 2.35 bits per heavy atom. The Labute approximate surface area is 115 Å². The van der Waals surface area contributed by atoms with Crippen LogP contribution < -0.4 is 0 Å². The molecule has 2 unspecified atom stereocenters. The van der Waals surface area contributed by atoms with Crippen LogP contribution in [-0.4, -0.2) is 22.6 Å². The fourth-order valence-electron chi connectivity index (χ4n) is 1.94. The summed E-state index contributed by atoms with van der Waals surface area (Å²) in [7, 11) is 0. The Morgan fingerprint density at radius 2 is 1.75 bits per heavy atom. The molecule has 0 amide bonds. The van der Waals surface area contributed by atoms with E-state index < -0.39 is 29.4 Å². The van der Waals surface area contributed by atoms with E-state index in [4.69, 9.17) is 9.52 Å². The number of rotatable bonds is 5. The second kappa shape index (κ2) is 5.28. The lowest BCUT2D eigenvalue weighted by Crippen LogP contribution is -2.30. The minimum atomic E-state index is -1.24. The third-order valence-electron chi connectivity index (χ3n) is 3.29. The number of fused-ring (bicyclic) bond motifs is 1. The lowest BCUT2D eigenvalue weighted by atomic mass is 9.91. The van der Waals surface area contributed by atoms with Crippen molar-refractivity contribution in [1.82, 2.24) is 0 Å². The molecule has 20 heavy (non-hydrogen) atoms. The molecule has 2 atom stereocenters. The topological polar surface area (TPSA) is 84.6 Å². The normalized spacial score (nSPS) is 13.9. The van der Waals surface area contributed by atoms with Crippen LogP contribution in [0.15, 0.2) is 34.7 Å². The zero-order valence-corrected chi connectivity index (χ0v) is 11.1. The SMILES string of the molecule is CC(C(=O)O)C(=O)C(C)C(=O)c1cc2ccccc2o1. The first kappa shape index (κ1) is 14.0. The summed E-state index contributed by atoms with van der Waals surface area (Å²) in [6.07, 6.45) is 0. The second-order valence-electron chi connectivity index (χ2n) is 4.70. The average Bonchev–Trinajstić information content (AvgIpc) is 2.87. The fourth-order valence-corrected chi connectivity index (χ4v) is 1.94. The first-order chi connectivity index (χ1) is 9.41. The van der Waals surface area contributed by atoms with Crippen LogP contribution in [0.3, 0.4) is 0 Å². The van der Waals surface area contributed by atoms with Gasteiger partial charge in [-0.05, 0) is 26.0 Å². The molecule has 2 aromatic rings. The first-order valence-electron chi connectivity index (χ1n) is 6.21. The summed E-state index contributed by atoms with van der Waals surface area (Å²) in [5.41, 5.74) is 0.557. The highest BCUT2D eigenvalue weighted by molar-refractivity contribution is 6.14. The van der Waals surface area contributed by atoms with E-state index in [1.165, 1.54) is 13.8 Å². The van der Waals surface area contributed by atoms with Crippen LogP contribution in [0, 0.1) is 11.8 Å². The molecule has 104 valence electrons. The van der Waals surface area contributed by atoms with Crippen LogP contribution in [-0.2, 0) is 9.59 Å². The maximum atomic E-state index is 12.2. The number of carboxylic acid groups (broad SMARTS) is 1. The van der Waals surface area contributed by atoms with Gasteiger partial charge in [0.15, 0.2) is 11.5 Å². The van der Waals surface area contributed by atoms with Gasteiger partial charge in [0.2, 0.25) is 5.78 Å². The molecule has 0 fully saturated rings. The summed E-state index contributed by atoms with van der Waals surface area (Å²) in [6.45, 7) is 2.67. The second-order valence-corrected chi connectivity index (χ2v) is 4.70. The van der Waals surface area contributed by atoms with Gasteiger partial charge in [-0.2, -0.15) is 0 Å². The van der Waals surface area contributed by atoms with Crippen LogP contribution in [0.2, 0.25) is 0 Å². The van der Waals surface area contributed by atoms with Gasteiger partial charge in [-0.3, -0.25) is 14.4 Å². The summed E-state index contributed by atoms with van der Waals surface area (Å²) in [4.78, 5) is 34.8. The molecular formula is C15H14O5. The molecule has 2 rings (SSSR count). The number of hydrogen-bond donors (Lipinski definition) is 1. The molecule has 0 bridgehead atoms. The highest BCUT2D eigenvalue weighted by atomic mass is 16.4. The molecule has 0 aliphatic heterocycles. The van der Waals surface area contributed by atoms with Crippen LogP contribution in [0.4, 0.5) is 0 Å². The van der Waals surface area contributed by atoms with E-state index in [0.717, 1.165) is 5.39 Å². The van der Waals surface area contributed by atoms with Gasteiger partial charge in [-0.15, -0.1) is 0 Å². The molecule has 5 nitrogen and oxygen atoms in total. The number of benzene rings is 1. The quantitative estimate of drug-likeness (QED) is 0.669. The van der Waals surface area contributed by atoms with Gasteiger partial charge in [0, 0.05) is 5.39 Å². The molecular weight excluding hydrogens is 260 g/mol. The number of hydrogen-bond acceptors (Lipinski definition) is 4. The minimum absolute atomic E-state index is 0.0737. The van der Waals surface area contributed by atoms with E-state index >= 15 is 0 Å².